The molecule has 0 amide bonds. The van der Waals surface area contributed by atoms with Gasteiger partial charge in [0.05, 0.1) is 18.7 Å². The molecule has 0 aliphatic heterocycles. The number of carbonyl (C=O) groups excluding carboxylic acids is 1. The molecule has 98 valence electrons. The Balaban J connectivity index is 1.94. The third-order valence-corrected chi connectivity index (χ3v) is 3.43. The number of rotatable bonds is 7. The van der Waals surface area contributed by atoms with E-state index in [-0.39, 0.29) is 5.78 Å². The first-order chi connectivity index (χ1) is 9.29. The van der Waals surface area contributed by atoms with Gasteiger partial charge in [0, 0.05) is 17.5 Å². The van der Waals surface area contributed by atoms with E-state index < -0.39 is 0 Å². The Morgan fingerprint density at radius 3 is 2.89 bits per heavy atom. The Bertz CT molecular complexity index is 548. The number of thiazole rings is 1. The normalized spacial score (nSPS) is 10.3. The lowest BCUT2D eigenvalue weighted by atomic mass is 10.2. The Labute approximate surface area is 117 Å². The molecule has 0 aliphatic carbocycles. The summed E-state index contributed by atoms with van der Waals surface area (Å²) in [7, 11) is 0. The first kappa shape index (κ1) is 13.6. The van der Waals surface area contributed by atoms with Crippen molar-refractivity contribution in [2.45, 2.75) is 6.42 Å². The largest absolute Gasteiger partial charge is 0.307 e. The number of hydrogen-bond acceptors (Lipinski definition) is 4. The molecule has 0 aliphatic rings. The molecule has 2 aromatic rings. The first-order valence-corrected chi connectivity index (χ1v) is 7.00. The van der Waals surface area contributed by atoms with Crippen LogP contribution in [0.3, 0.4) is 0 Å². The zero-order chi connectivity index (χ0) is 13.5. The van der Waals surface area contributed by atoms with E-state index in [9.17, 15) is 4.79 Å². The maximum atomic E-state index is 11.7. The molecular formula is C15H16N2OS. The van der Waals surface area contributed by atoms with Crippen LogP contribution in [0.1, 0.15) is 5.01 Å². The predicted molar refractivity (Wildman–Crippen MR) is 79.3 cm³/mol. The van der Waals surface area contributed by atoms with E-state index in [2.05, 4.69) is 16.9 Å². The number of benzene rings is 1. The van der Waals surface area contributed by atoms with Crippen LogP contribution in [0.5, 0.6) is 0 Å². The van der Waals surface area contributed by atoms with Gasteiger partial charge < -0.3 is 5.32 Å². The van der Waals surface area contributed by atoms with E-state index in [1.165, 1.54) is 11.3 Å². The van der Waals surface area contributed by atoms with E-state index in [1.54, 1.807) is 6.08 Å². The third-order valence-electron chi connectivity index (χ3n) is 2.58. The van der Waals surface area contributed by atoms with E-state index in [0.717, 1.165) is 16.3 Å². The molecule has 0 bridgehead atoms. The fourth-order valence-electron chi connectivity index (χ4n) is 1.68. The summed E-state index contributed by atoms with van der Waals surface area (Å²) in [4.78, 5) is 16.2. The maximum absolute atomic E-state index is 11.7. The molecule has 3 nitrogen and oxygen atoms in total. The fraction of sp³-hybridized carbons (Fsp3) is 0.200. The summed E-state index contributed by atoms with van der Waals surface area (Å²) in [6, 6.07) is 9.99. The number of nitrogens with one attached hydrogen (secondary N) is 1. The molecule has 0 fully saturated rings. The number of Topliss-reactive ketones (excluding diaryl/α,β-unsaturated/α-hetero) is 1. The summed E-state index contributed by atoms with van der Waals surface area (Å²) in [6.45, 7) is 4.61. The van der Waals surface area contributed by atoms with Crippen molar-refractivity contribution in [3.63, 3.8) is 0 Å². The van der Waals surface area contributed by atoms with Crippen molar-refractivity contribution in [1.29, 1.82) is 0 Å². The highest BCUT2D eigenvalue weighted by molar-refractivity contribution is 7.10. The first-order valence-electron chi connectivity index (χ1n) is 6.12. The molecule has 0 unspecified atom stereocenters. The molecule has 1 N–H and O–H groups in total. The highest BCUT2D eigenvalue weighted by atomic mass is 32.1. The molecule has 1 aromatic heterocycles. The second-order valence-corrected chi connectivity index (χ2v) is 5.07. The van der Waals surface area contributed by atoms with Crippen LogP contribution in [0.15, 0.2) is 48.4 Å². The summed E-state index contributed by atoms with van der Waals surface area (Å²) >= 11 is 1.53. The number of carbonyl (C=O) groups is 1. The zero-order valence-electron chi connectivity index (χ0n) is 10.6. The zero-order valence-corrected chi connectivity index (χ0v) is 11.5. The van der Waals surface area contributed by atoms with Crippen LogP contribution in [-0.4, -0.2) is 23.9 Å². The summed E-state index contributed by atoms with van der Waals surface area (Å²) in [6.07, 6.45) is 2.13. The van der Waals surface area contributed by atoms with Gasteiger partial charge in [-0.15, -0.1) is 17.9 Å². The van der Waals surface area contributed by atoms with Gasteiger partial charge in [-0.05, 0) is 0 Å². The lowest BCUT2D eigenvalue weighted by molar-refractivity contribution is -0.117. The smallest absolute Gasteiger partial charge is 0.153 e. The van der Waals surface area contributed by atoms with Crippen molar-refractivity contribution in [3.8, 4) is 11.3 Å². The van der Waals surface area contributed by atoms with Gasteiger partial charge in [0.1, 0.15) is 5.01 Å². The van der Waals surface area contributed by atoms with E-state index >= 15 is 0 Å². The number of aromatic nitrogens is 1. The number of ketones is 1. The summed E-state index contributed by atoms with van der Waals surface area (Å²) in [5.74, 6) is 0.149. The van der Waals surface area contributed by atoms with Crippen LogP contribution >= 0.6 is 11.3 Å². The molecule has 4 heteroatoms. The van der Waals surface area contributed by atoms with E-state index in [4.69, 9.17) is 0 Å². The van der Waals surface area contributed by atoms with Crippen LogP contribution < -0.4 is 5.32 Å². The lowest BCUT2D eigenvalue weighted by Gasteiger charge is -1.99. The van der Waals surface area contributed by atoms with Gasteiger partial charge >= 0.3 is 0 Å². The minimum Gasteiger partial charge on any atom is -0.307 e. The SMILES string of the molecule is C=CCNCC(=O)Cc1nc(-c2ccccc2)cs1. The summed E-state index contributed by atoms with van der Waals surface area (Å²) < 4.78 is 0. The van der Waals surface area contributed by atoms with Crippen LogP contribution in [-0.2, 0) is 11.2 Å². The van der Waals surface area contributed by atoms with E-state index in [1.807, 2.05) is 35.7 Å². The van der Waals surface area contributed by atoms with Crippen LogP contribution in [0, 0.1) is 0 Å². The fourth-order valence-corrected chi connectivity index (χ4v) is 2.51. The number of hydrogen-bond donors (Lipinski definition) is 1. The van der Waals surface area contributed by atoms with Gasteiger partial charge in [-0.3, -0.25) is 4.79 Å². The van der Waals surface area contributed by atoms with Gasteiger partial charge in [0.2, 0.25) is 0 Å². The minimum absolute atomic E-state index is 0.149. The molecule has 0 atom stereocenters. The molecule has 0 spiro atoms. The van der Waals surface area contributed by atoms with Gasteiger partial charge in [-0.25, -0.2) is 4.98 Å². The molecule has 1 aromatic carbocycles. The van der Waals surface area contributed by atoms with Crippen molar-refractivity contribution < 1.29 is 4.79 Å². The standard InChI is InChI=1S/C15H16N2OS/c1-2-8-16-10-13(18)9-15-17-14(11-19-15)12-6-4-3-5-7-12/h2-7,11,16H,1,8-10H2. The van der Waals surface area contributed by atoms with Gasteiger partial charge in [0.25, 0.3) is 0 Å². The Morgan fingerprint density at radius 1 is 1.37 bits per heavy atom. The van der Waals surface area contributed by atoms with Crippen molar-refractivity contribution in [1.82, 2.24) is 10.3 Å². The molecule has 1 heterocycles. The molecule has 0 saturated carbocycles. The van der Waals surface area contributed by atoms with Crippen LogP contribution in [0.2, 0.25) is 0 Å². The second kappa shape index (κ2) is 6.97. The maximum Gasteiger partial charge on any atom is 0.153 e. The van der Waals surface area contributed by atoms with Crippen molar-refractivity contribution in [2.75, 3.05) is 13.1 Å². The summed E-state index contributed by atoms with van der Waals surface area (Å²) in [5, 5.41) is 5.86. The molecule has 0 radical (unpaired) electrons. The predicted octanol–water partition coefficient (Wildman–Crippen LogP) is 2.70. The molecule has 2 rings (SSSR count). The molecule has 19 heavy (non-hydrogen) atoms. The topological polar surface area (TPSA) is 42.0 Å². The number of nitrogens with zero attached hydrogens (tertiary/aromatic N) is 1. The third kappa shape index (κ3) is 4.12. The van der Waals surface area contributed by atoms with Gasteiger partial charge in [-0.1, -0.05) is 36.4 Å². The highest BCUT2D eigenvalue weighted by Crippen LogP contribution is 2.21. The Kier molecular flexibility index (Phi) is 5.01. The van der Waals surface area contributed by atoms with Crippen molar-refractivity contribution in [3.05, 3.63) is 53.4 Å². The Morgan fingerprint density at radius 2 is 2.16 bits per heavy atom. The Hall–Kier alpha value is -1.78. The van der Waals surface area contributed by atoms with Crippen molar-refractivity contribution in [2.24, 2.45) is 0 Å². The quantitative estimate of drug-likeness (QED) is 0.622. The summed E-state index contributed by atoms with van der Waals surface area (Å²) in [5.41, 5.74) is 2.02. The van der Waals surface area contributed by atoms with Gasteiger partial charge in [-0.2, -0.15) is 0 Å². The highest BCUT2D eigenvalue weighted by Gasteiger charge is 2.08. The minimum atomic E-state index is 0.149. The molecule has 0 saturated heterocycles. The van der Waals surface area contributed by atoms with Crippen molar-refractivity contribution >= 4 is 17.1 Å². The van der Waals surface area contributed by atoms with Crippen LogP contribution in [0.25, 0.3) is 11.3 Å². The lowest BCUT2D eigenvalue weighted by Crippen LogP contribution is -2.24. The van der Waals surface area contributed by atoms with E-state index in [0.29, 0.717) is 19.5 Å². The van der Waals surface area contributed by atoms with Gasteiger partial charge in [0.15, 0.2) is 5.78 Å². The molecular weight excluding hydrogens is 256 g/mol. The second-order valence-electron chi connectivity index (χ2n) is 4.13. The average molecular weight is 272 g/mol. The average Bonchev–Trinajstić information content (AvgIpc) is 2.88. The van der Waals surface area contributed by atoms with Crippen LogP contribution in [0.4, 0.5) is 0 Å². The monoisotopic (exact) mass is 272 g/mol.